The van der Waals surface area contributed by atoms with E-state index >= 15 is 0 Å². The van der Waals surface area contributed by atoms with Crippen molar-refractivity contribution in [3.63, 3.8) is 0 Å². The number of benzene rings is 1. The molecular formula is C18H28ClN3O3S. The smallest absolute Gasteiger partial charge is 0.224 e. The van der Waals surface area contributed by atoms with E-state index < -0.39 is 10.0 Å². The van der Waals surface area contributed by atoms with Crippen LogP contribution in [0.25, 0.3) is 0 Å². The number of hydrogen-bond donors (Lipinski definition) is 2. The molecule has 0 aromatic heterocycles. The fourth-order valence-electron chi connectivity index (χ4n) is 3.58. The molecule has 1 aromatic rings. The fourth-order valence-corrected chi connectivity index (χ4v) is 5.19. The highest BCUT2D eigenvalue weighted by atomic mass is 35.5. The molecule has 2 fully saturated rings. The van der Waals surface area contributed by atoms with Gasteiger partial charge in [0, 0.05) is 25.7 Å². The minimum absolute atomic E-state index is 0. The lowest BCUT2D eigenvalue weighted by atomic mass is 9.97. The van der Waals surface area contributed by atoms with Crippen molar-refractivity contribution < 1.29 is 13.2 Å². The Bertz CT molecular complexity index is 678. The van der Waals surface area contributed by atoms with Crippen LogP contribution < -0.4 is 10.6 Å². The van der Waals surface area contributed by atoms with Crippen molar-refractivity contribution in [1.29, 1.82) is 0 Å². The molecule has 0 saturated carbocycles. The second-order valence-corrected chi connectivity index (χ2v) is 8.96. The zero-order valence-corrected chi connectivity index (χ0v) is 16.5. The molecule has 2 atom stereocenters. The molecule has 26 heavy (non-hydrogen) atoms. The summed E-state index contributed by atoms with van der Waals surface area (Å²) in [7, 11) is -3.39. The largest absolute Gasteiger partial charge is 0.352 e. The summed E-state index contributed by atoms with van der Waals surface area (Å²) in [5.74, 6) is -0.260. The van der Waals surface area contributed by atoms with E-state index in [-0.39, 0.29) is 36.0 Å². The van der Waals surface area contributed by atoms with Crippen molar-refractivity contribution in [2.75, 3.05) is 26.2 Å². The van der Waals surface area contributed by atoms with E-state index in [2.05, 4.69) is 10.6 Å². The Morgan fingerprint density at radius 3 is 2.65 bits per heavy atom. The highest BCUT2D eigenvalue weighted by Gasteiger charge is 2.33. The van der Waals surface area contributed by atoms with E-state index in [4.69, 9.17) is 0 Å². The van der Waals surface area contributed by atoms with Gasteiger partial charge in [0.25, 0.3) is 0 Å². The molecule has 1 aromatic carbocycles. The van der Waals surface area contributed by atoms with Crippen LogP contribution in [-0.4, -0.2) is 50.9 Å². The lowest BCUT2D eigenvalue weighted by Gasteiger charge is -2.33. The van der Waals surface area contributed by atoms with Gasteiger partial charge >= 0.3 is 0 Å². The van der Waals surface area contributed by atoms with Crippen molar-refractivity contribution in [3.05, 3.63) is 35.9 Å². The first-order valence-corrected chi connectivity index (χ1v) is 10.7. The number of carbonyl (C=O) groups is 1. The molecule has 2 unspecified atom stereocenters. The first kappa shape index (κ1) is 21.2. The average Bonchev–Trinajstić information content (AvgIpc) is 2.63. The number of amides is 1. The van der Waals surface area contributed by atoms with Crippen LogP contribution in [0.4, 0.5) is 0 Å². The first-order chi connectivity index (χ1) is 12.0. The van der Waals surface area contributed by atoms with Gasteiger partial charge in [-0.25, -0.2) is 12.7 Å². The fraction of sp³-hybridized carbons (Fsp3) is 0.611. The van der Waals surface area contributed by atoms with Crippen molar-refractivity contribution >= 4 is 28.3 Å². The van der Waals surface area contributed by atoms with E-state index in [0.717, 1.165) is 44.3 Å². The summed E-state index contributed by atoms with van der Waals surface area (Å²) in [5, 5.41) is 6.37. The van der Waals surface area contributed by atoms with Gasteiger partial charge in [-0.1, -0.05) is 30.3 Å². The lowest BCUT2D eigenvalue weighted by Crippen LogP contribution is -2.51. The maximum atomic E-state index is 12.7. The molecule has 0 aliphatic carbocycles. The Hall–Kier alpha value is -1.15. The SMILES string of the molecule is Cl.O=C(NC1CCCNC1)C1CCCN(S(=O)(=O)Cc2ccccc2)C1. The first-order valence-electron chi connectivity index (χ1n) is 9.07. The van der Waals surface area contributed by atoms with Gasteiger partial charge in [0.05, 0.1) is 11.7 Å². The molecule has 0 radical (unpaired) electrons. The quantitative estimate of drug-likeness (QED) is 0.784. The Morgan fingerprint density at radius 1 is 1.19 bits per heavy atom. The second kappa shape index (κ2) is 9.69. The zero-order chi connectivity index (χ0) is 17.7. The lowest BCUT2D eigenvalue weighted by molar-refractivity contribution is -0.126. The third-order valence-electron chi connectivity index (χ3n) is 4.98. The number of hydrogen-bond acceptors (Lipinski definition) is 4. The maximum Gasteiger partial charge on any atom is 0.224 e. The summed E-state index contributed by atoms with van der Waals surface area (Å²) in [6, 6.07) is 9.36. The number of rotatable bonds is 5. The standard InChI is InChI=1S/C18H27N3O3S.ClH/c22-18(20-17-9-4-10-19-12-17)16-8-5-11-21(13-16)25(23,24)14-15-6-2-1-3-7-15;/h1-3,6-7,16-17,19H,4-5,8-14H2,(H,20,22);1H. The summed E-state index contributed by atoms with van der Waals surface area (Å²) in [5.41, 5.74) is 0.780. The Labute approximate surface area is 162 Å². The van der Waals surface area contributed by atoms with Gasteiger partial charge in [-0.15, -0.1) is 12.4 Å². The number of nitrogens with one attached hydrogen (secondary N) is 2. The van der Waals surface area contributed by atoms with Crippen molar-refractivity contribution in [1.82, 2.24) is 14.9 Å². The van der Waals surface area contributed by atoms with E-state index in [0.29, 0.717) is 13.1 Å². The van der Waals surface area contributed by atoms with Crippen LogP contribution in [0.3, 0.4) is 0 Å². The number of halogens is 1. The molecule has 6 nitrogen and oxygen atoms in total. The molecule has 2 heterocycles. The number of nitrogens with zero attached hydrogens (tertiary/aromatic N) is 1. The highest BCUT2D eigenvalue weighted by Crippen LogP contribution is 2.22. The summed E-state index contributed by atoms with van der Waals surface area (Å²) in [6.07, 6.45) is 3.53. The van der Waals surface area contributed by atoms with E-state index in [1.165, 1.54) is 4.31 Å². The molecule has 1 amide bonds. The number of piperidine rings is 2. The number of carbonyl (C=O) groups excluding carboxylic acids is 1. The topological polar surface area (TPSA) is 78.5 Å². The van der Waals surface area contributed by atoms with Crippen LogP contribution in [0.5, 0.6) is 0 Å². The van der Waals surface area contributed by atoms with Gasteiger partial charge in [-0.2, -0.15) is 0 Å². The maximum absolute atomic E-state index is 12.7. The molecule has 0 spiro atoms. The van der Waals surface area contributed by atoms with E-state index in [9.17, 15) is 13.2 Å². The third kappa shape index (κ3) is 5.67. The summed E-state index contributed by atoms with van der Waals surface area (Å²) < 4.78 is 26.9. The summed E-state index contributed by atoms with van der Waals surface area (Å²) in [4.78, 5) is 12.5. The Kier molecular flexibility index (Phi) is 7.88. The van der Waals surface area contributed by atoms with Crippen molar-refractivity contribution in [2.45, 2.75) is 37.5 Å². The molecule has 2 aliphatic rings. The van der Waals surface area contributed by atoms with Gasteiger partial charge in [0.15, 0.2) is 0 Å². The van der Waals surface area contributed by atoms with Crippen LogP contribution in [0, 0.1) is 5.92 Å². The van der Waals surface area contributed by atoms with E-state index in [1.54, 1.807) is 0 Å². The van der Waals surface area contributed by atoms with Crippen LogP contribution in [0.2, 0.25) is 0 Å². The summed E-state index contributed by atoms with van der Waals surface area (Å²) in [6.45, 7) is 2.60. The van der Waals surface area contributed by atoms with Crippen molar-refractivity contribution in [2.24, 2.45) is 5.92 Å². The molecule has 2 saturated heterocycles. The van der Waals surface area contributed by atoms with Gasteiger partial charge in [-0.05, 0) is 37.8 Å². The van der Waals surface area contributed by atoms with Crippen LogP contribution in [0.15, 0.2) is 30.3 Å². The van der Waals surface area contributed by atoms with Crippen LogP contribution in [0.1, 0.15) is 31.2 Å². The van der Waals surface area contributed by atoms with Gasteiger partial charge in [-0.3, -0.25) is 4.79 Å². The monoisotopic (exact) mass is 401 g/mol. The molecular weight excluding hydrogens is 374 g/mol. The van der Waals surface area contributed by atoms with Gasteiger partial charge < -0.3 is 10.6 Å². The molecule has 146 valence electrons. The predicted molar refractivity (Wildman–Crippen MR) is 105 cm³/mol. The predicted octanol–water partition coefficient (Wildman–Crippen LogP) is 1.52. The van der Waals surface area contributed by atoms with Gasteiger partial charge in [0.2, 0.25) is 15.9 Å². The molecule has 2 N–H and O–H groups in total. The van der Waals surface area contributed by atoms with Gasteiger partial charge in [0.1, 0.15) is 0 Å². The average molecular weight is 402 g/mol. The molecule has 8 heteroatoms. The highest BCUT2D eigenvalue weighted by molar-refractivity contribution is 7.88. The zero-order valence-electron chi connectivity index (χ0n) is 14.9. The number of sulfonamides is 1. The van der Waals surface area contributed by atoms with Crippen LogP contribution in [-0.2, 0) is 20.6 Å². The second-order valence-electron chi connectivity index (χ2n) is 6.99. The normalized spacial score (nSPS) is 24.5. The molecule has 3 rings (SSSR count). The van der Waals surface area contributed by atoms with Crippen LogP contribution >= 0.6 is 12.4 Å². The molecule has 0 bridgehead atoms. The van der Waals surface area contributed by atoms with E-state index in [1.807, 2.05) is 30.3 Å². The minimum Gasteiger partial charge on any atom is -0.352 e. The third-order valence-corrected chi connectivity index (χ3v) is 6.80. The molecule has 2 aliphatic heterocycles. The Morgan fingerprint density at radius 2 is 1.96 bits per heavy atom. The van der Waals surface area contributed by atoms with Crippen molar-refractivity contribution in [3.8, 4) is 0 Å². The summed E-state index contributed by atoms with van der Waals surface area (Å²) >= 11 is 0. The Balaban J connectivity index is 0.00000243. The minimum atomic E-state index is -3.39.